The van der Waals surface area contributed by atoms with Gasteiger partial charge in [0.1, 0.15) is 17.1 Å². The number of carbonyl (C=O) groups is 1. The van der Waals surface area contributed by atoms with Crippen molar-refractivity contribution in [3.63, 3.8) is 0 Å². The van der Waals surface area contributed by atoms with Crippen LogP contribution in [-0.2, 0) is 9.47 Å². The highest BCUT2D eigenvalue weighted by Gasteiger charge is 2.27. The van der Waals surface area contributed by atoms with Crippen LogP contribution in [-0.4, -0.2) is 29.9 Å². The van der Waals surface area contributed by atoms with Gasteiger partial charge in [-0.1, -0.05) is 0 Å². The van der Waals surface area contributed by atoms with E-state index < -0.39 is 5.97 Å². The third-order valence-corrected chi connectivity index (χ3v) is 2.85. The first-order valence-electron chi connectivity index (χ1n) is 5.40. The van der Waals surface area contributed by atoms with Crippen LogP contribution in [0.1, 0.15) is 34.9 Å². The smallest absolute Gasteiger partial charge is 0.341 e. The summed E-state index contributed by atoms with van der Waals surface area (Å²) in [5, 5.41) is 19.7. The highest BCUT2D eigenvalue weighted by molar-refractivity contribution is 5.93. The summed E-state index contributed by atoms with van der Waals surface area (Å²) in [6, 6.07) is 2.69. The molecule has 1 fully saturated rings. The third-order valence-electron chi connectivity index (χ3n) is 2.85. The van der Waals surface area contributed by atoms with Crippen LogP contribution in [0.25, 0.3) is 0 Å². The number of hydrogen-bond acceptors (Lipinski definition) is 5. The molecule has 0 aliphatic carbocycles. The van der Waals surface area contributed by atoms with Gasteiger partial charge in [-0.15, -0.1) is 0 Å². The third kappa shape index (κ3) is 2.06. The molecular weight excluding hydrogens is 224 g/mol. The molecule has 0 bridgehead atoms. The van der Waals surface area contributed by atoms with Crippen LogP contribution in [0.5, 0.6) is 11.5 Å². The second-order valence-electron chi connectivity index (χ2n) is 3.89. The van der Waals surface area contributed by atoms with Crippen molar-refractivity contribution in [3.8, 4) is 11.5 Å². The van der Waals surface area contributed by atoms with Crippen molar-refractivity contribution in [3.05, 3.63) is 23.3 Å². The van der Waals surface area contributed by atoms with E-state index in [1.807, 2.05) is 0 Å². The molecule has 92 valence electrons. The normalized spacial score (nSPS) is 19.2. The van der Waals surface area contributed by atoms with Crippen LogP contribution in [0.3, 0.4) is 0 Å². The zero-order chi connectivity index (χ0) is 12.4. The molecule has 2 N–H and O–H groups in total. The molecule has 0 amide bonds. The average Bonchev–Trinajstić information content (AvgIpc) is 2.82. The molecule has 5 nitrogen and oxygen atoms in total. The summed E-state index contributed by atoms with van der Waals surface area (Å²) in [7, 11) is 1.24. The Morgan fingerprint density at radius 2 is 2.24 bits per heavy atom. The number of methoxy groups -OCH3 is 1. The molecule has 1 saturated heterocycles. The highest BCUT2D eigenvalue weighted by atomic mass is 16.5. The number of phenolic OH excluding ortho intramolecular Hbond substituents is 2. The Morgan fingerprint density at radius 1 is 1.47 bits per heavy atom. The number of aromatic hydroxyl groups is 2. The van der Waals surface area contributed by atoms with Crippen molar-refractivity contribution in [2.24, 2.45) is 0 Å². The van der Waals surface area contributed by atoms with E-state index in [-0.39, 0.29) is 28.7 Å². The van der Waals surface area contributed by atoms with Crippen LogP contribution < -0.4 is 0 Å². The summed E-state index contributed by atoms with van der Waals surface area (Å²) in [5.74, 6) is -0.965. The Hall–Kier alpha value is -1.75. The van der Waals surface area contributed by atoms with E-state index in [9.17, 15) is 15.0 Å². The molecule has 17 heavy (non-hydrogen) atoms. The lowest BCUT2D eigenvalue weighted by Gasteiger charge is -2.15. The maximum Gasteiger partial charge on any atom is 0.341 e. The van der Waals surface area contributed by atoms with E-state index >= 15 is 0 Å². The van der Waals surface area contributed by atoms with Crippen LogP contribution in [0.4, 0.5) is 0 Å². The molecule has 0 saturated carbocycles. The summed E-state index contributed by atoms with van der Waals surface area (Å²) >= 11 is 0. The fourth-order valence-electron chi connectivity index (χ4n) is 1.99. The topological polar surface area (TPSA) is 76.0 Å². The molecule has 0 aromatic heterocycles. The lowest BCUT2D eigenvalue weighted by Crippen LogP contribution is -2.05. The molecule has 1 aromatic rings. The molecule has 1 heterocycles. The minimum Gasteiger partial charge on any atom is -0.507 e. The second kappa shape index (κ2) is 4.63. The number of ether oxygens (including phenoxy) is 2. The lowest BCUT2D eigenvalue weighted by atomic mass is 10.0. The Kier molecular flexibility index (Phi) is 3.19. The van der Waals surface area contributed by atoms with Crippen LogP contribution in [0, 0.1) is 0 Å². The van der Waals surface area contributed by atoms with Crippen LogP contribution in [0.15, 0.2) is 12.1 Å². The Balaban J connectivity index is 2.46. The Bertz CT molecular complexity index is 435. The highest BCUT2D eigenvalue weighted by Crippen LogP contribution is 2.41. The first kappa shape index (κ1) is 11.7. The SMILES string of the molecule is COC(=O)c1ccc(O)c(C2CCCO2)c1O. The molecule has 5 heteroatoms. The first-order chi connectivity index (χ1) is 8.15. The Morgan fingerprint density at radius 3 is 2.82 bits per heavy atom. The summed E-state index contributed by atoms with van der Waals surface area (Å²) in [6.07, 6.45) is 1.22. The van der Waals surface area contributed by atoms with Gasteiger partial charge in [-0.3, -0.25) is 0 Å². The minimum atomic E-state index is -0.637. The molecule has 0 radical (unpaired) electrons. The summed E-state index contributed by atoms with van der Waals surface area (Å²) in [4.78, 5) is 11.4. The molecule has 1 aromatic carbocycles. The monoisotopic (exact) mass is 238 g/mol. The van der Waals surface area contributed by atoms with E-state index in [1.165, 1.54) is 19.2 Å². The van der Waals surface area contributed by atoms with Crippen LogP contribution >= 0.6 is 0 Å². The van der Waals surface area contributed by atoms with Gasteiger partial charge in [-0.2, -0.15) is 0 Å². The standard InChI is InChI=1S/C12H14O5/c1-16-12(15)7-4-5-8(13)10(11(7)14)9-3-2-6-17-9/h4-5,9,13-14H,2-3,6H2,1H3. The fraction of sp³-hybridized carbons (Fsp3) is 0.417. The van der Waals surface area contributed by atoms with Crippen molar-refractivity contribution in [1.29, 1.82) is 0 Å². The van der Waals surface area contributed by atoms with E-state index in [2.05, 4.69) is 4.74 Å². The lowest BCUT2D eigenvalue weighted by molar-refractivity contribution is 0.0596. The van der Waals surface area contributed by atoms with Crippen molar-refractivity contribution < 1.29 is 24.5 Å². The fourth-order valence-corrected chi connectivity index (χ4v) is 1.99. The van der Waals surface area contributed by atoms with Gasteiger partial charge < -0.3 is 19.7 Å². The molecule has 0 spiro atoms. The predicted molar refractivity (Wildman–Crippen MR) is 59.0 cm³/mol. The summed E-state index contributed by atoms with van der Waals surface area (Å²) in [5.41, 5.74) is 0.307. The van der Waals surface area contributed by atoms with Gasteiger partial charge in [-0.05, 0) is 25.0 Å². The summed E-state index contributed by atoms with van der Waals surface area (Å²) in [6.45, 7) is 0.589. The zero-order valence-corrected chi connectivity index (χ0v) is 9.47. The predicted octanol–water partition coefficient (Wildman–Crippen LogP) is 1.74. The van der Waals surface area contributed by atoms with E-state index in [1.54, 1.807) is 0 Å². The van der Waals surface area contributed by atoms with Gasteiger partial charge in [0.05, 0.1) is 18.8 Å². The van der Waals surface area contributed by atoms with Gasteiger partial charge in [0.2, 0.25) is 0 Å². The number of hydrogen-bond donors (Lipinski definition) is 2. The first-order valence-corrected chi connectivity index (χ1v) is 5.40. The maximum absolute atomic E-state index is 11.4. The Labute approximate surface area is 98.6 Å². The molecular formula is C12H14O5. The number of phenols is 2. The quantitative estimate of drug-likeness (QED) is 0.767. The van der Waals surface area contributed by atoms with Crippen molar-refractivity contribution in [2.45, 2.75) is 18.9 Å². The zero-order valence-electron chi connectivity index (χ0n) is 9.47. The number of esters is 1. The van der Waals surface area contributed by atoms with E-state index in [0.717, 1.165) is 6.42 Å². The largest absolute Gasteiger partial charge is 0.507 e. The van der Waals surface area contributed by atoms with Crippen molar-refractivity contribution in [1.82, 2.24) is 0 Å². The molecule has 1 aliphatic heterocycles. The van der Waals surface area contributed by atoms with Gasteiger partial charge in [0, 0.05) is 6.61 Å². The minimum absolute atomic E-state index is 0.0378. The number of benzene rings is 1. The van der Waals surface area contributed by atoms with E-state index in [0.29, 0.717) is 13.0 Å². The molecule has 2 rings (SSSR count). The summed E-state index contributed by atoms with van der Waals surface area (Å²) < 4.78 is 9.95. The van der Waals surface area contributed by atoms with Crippen LogP contribution in [0.2, 0.25) is 0 Å². The van der Waals surface area contributed by atoms with Gasteiger partial charge >= 0.3 is 5.97 Å². The molecule has 1 atom stereocenters. The maximum atomic E-state index is 11.4. The van der Waals surface area contributed by atoms with Gasteiger partial charge in [-0.25, -0.2) is 4.79 Å². The van der Waals surface area contributed by atoms with Gasteiger partial charge in [0.15, 0.2) is 0 Å². The number of rotatable bonds is 2. The number of carbonyl (C=O) groups excluding carboxylic acids is 1. The molecule has 1 unspecified atom stereocenters. The van der Waals surface area contributed by atoms with Crippen molar-refractivity contribution in [2.75, 3.05) is 13.7 Å². The molecule has 1 aliphatic rings. The van der Waals surface area contributed by atoms with Gasteiger partial charge in [0.25, 0.3) is 0 Å². The average molecular weight is 238 g/mol. The van der Waals surface area contributed by atoms with E-state index in [4.69, 9.17) is 4.74 Å². The van der Waals surface area contributed by atoms with Crippen molar-refractivity contribution >= 4 is 5.97 Å². The second-order valence-corrected chi connectivity index (χ2v) is 3.89.